The van der Waals surface area contributed by atoms with Gasteiger partial charge in [0.05, 0.1) is 11.4 Å². The summed E-state index contributed by atoms with van der Waals surface area (Å²) in [7, 11) is -3.50. The van der Waals surface area contributed by atoms with Gasteiger partial charge >= 0.3 is 0 Å². The van der Waals surface area contributed by atoms with Crippen LogP contribution >= 0.6 is 0 Å². The first kappa shape index (κ1) is 22.5. The Morgan fingerprint density at radius 2 is 1.63 bits per heavy atom. The molecule has 1 saturated heterocycles. The SMILES string of the molecule is Cc1ccccc1CNC(=O)CN1CCN(S(=O)(=O)c2ccc(C(C)C)cc2)CC1. The van der Waals surface area contributed by atoms with E-state index < -0.39 is 10.0 Å². The van der Waals surface area contributed by atoms with Crippen LogP contribution in [0.15, 0.2) is 53.4 Å². The van der Waals surface area contributed by atoms with Gasteiger partial charge in [-0.05, 0) is 41.7 Å². The Balaban J connectivity index is 1.50. The number of carbonyl (C=O) groups is 1. The van der Waals surface area contributed by atoms with Gasteiger partial charge in [-0.2, -0.15) is 4.31 Å². The molecule has 0 radical (unpaired) electrons. The number of hydrogen-bond donors (Lipinski definition) is 1. The van der Waals surface area contributed by atoms with Crippen molar-refractivity contribution in [2.24, 2.45) is 0 Å². The normalized spacial score (nSPS) is 16.0. The van der Waals surface area contributed by atoms with Crippen LogP contribution in [0.2, 0.25) is 0 Å². The van der Waals surface area contributed by atoms with Crippen LogP contribution in [-0.4, -0.2) is 56.3 Å². The summed E-state index contributed by atoms with van der Waals surface area (Å²) in [5.41, 5.74) is 3.37. The van der Waals surface area contributed by atoms with E-state index in [1.165, 1.54) is 4.31 Å². The number of piperazine rings is 1. The van der Waals surface area contributed by atoms with E-state index >= 15 is 0 Å². The smallest absolute Gasteiger partial charge is 0.243 e. The zero-order valence-corrected chi connectivity index (χ0v) is 18.8. The van der Waals surface area contributed by atoms with Gasteiger partial charge in [0.1, 0.15) is 0 Å². The third kappa shape index (κ3) is 5.47. The van der Waals surface area contributed by atoms with E-state index in [2.05, 4.69) is 19.2 Å². The Kier molecular flexibility index (Phi) is 7.28. The lowest BCUT2D eigenvalue weighted by molar-refractivity contribution is -0.122. The maximum absolute atomic E-state index is 12.9. The minimum atomic E-state index is -3.50. The number of aryl methyl sites for hydroxylation is 1. The monoisotopic (exact) mass is 429 g/mol. The molecule has 2 aromatic rings. The number of rotatable bonds is 7. The fourth-order valence-electron chi connectivity index (χ4n) is 3.56. The molecule has 1 amide bonds. The first-order valence-electron chi connectivity index (χ1n) is 10.4. The minimum absolute atomic E-state index is 0.0427. The number of sulfonamides is 1. The van der Waals surface area contributed by atoms with Gasteiger partial charge in [0, 0.05) is 32.7 Å². The summed E-state index contributed by atoms with van der Waals surface area (Å²) in [5.74, 6) is 0.320. The Hall–Kier alpha value is -2.22. The number of amides is 1. The molecule has 0 unspecified atom stereocenters. The average molecular weight is 430 g/mol. The molecule has 0 atom stereocenters. The standard InChI is InChI=1S/C23H31N3O3S/c1-18(2)20-8-10-22(11-9-20)30(28,29)26-14-12-25(13-15-26)17-23(27)24-16-21-7-5-4-6-19(21)3/h4-11,18H,12-17H2,1-3H3,(H,24,27). The first-order valence-corrected chi connectivity index (χ1v) is 11.8. The van der Waals surface area contributed by atoms with Crippen LogP contribution in [-0.2, 0) is 21.4 Å². The van der Waals surface area contributed by atoms with Gasteiger partial charge in [-0.15, -0.1) is 0 Å². The van der Waals surface area contributed by atoms with Crippen LogP contribution in [0.5, 0.6) is 0 Å². The zero-order valence-electron chi connectivity index (χ0n) is 18.0. The molecule has 7 heteroatoms. The number of hydrogen-bond acceptors (Lipinski definition) is 4. The van der Waals surface area contributed by atoms with E-state index in [0.29, 0.717) is 43.5 Å². The van der Waals surface area contributed by atoms with Crippen molar-refractivity contribution in [2.45, 2.75) is 38.1 Å². The van der Waals surface area contributed by atoms with Gasteiger partial charge in [-0.25, -0.2) is 8.42 Å². The van der Waals surface area contributed by atoms with Crippen LogP contribution in [0.25, 0.3) is 0 Å². The van der Waals surface area contributed by atoms with Gasteiger partial charge in [0.15, 0.2) is 0 Å². The average Bonchev–Trinajstić information content (AvgIpc) is 2.73. The van der Waals surface area contributed by atoms with Gasteiger partial charge in [0.25, 0.3) is 0 Å². The number of nitrogens with zero attached hydrogens (tertiary/aromatic N) is 2. The number of nitrogens with one attached hydrogen (secondary N) is 1. The van der Waals surface area contributed by atoms with Crippen molar-refractivity contribution in [3.05, 3.63) is 65.2 Å². The van der Waals surface area contributed by atoms with Crippen molar-refractivity contribution in [2.75, 3.05) is 32.7 Å². The minimum Gasteiger partial charge on any atom is -0.351 e. The predicted octanol–water partition coefficient (Wildman–Crippen LogP) is 2.74. The molecule has 1 aliphatic heterocycles. The summed E-state index contributed by atoms with van der Waals surface area (Å²) in [5, 5.41) is 2.96. The van der Waals surface area contributed by atoms with E-state index in [1.54, 1.807) is 12.1 Å². The molecule has 162 valence electrons. The molecule has 6 nitrogen and oxygen atoms in total. The molecular formula is C23H31N3O3S. The van der Waals surface area contributed by atoms with Crippen LogP contribution < -0.4 is 5.32 Å². The van der Waals surface area contributed by atoms with E-state index in [4.69, 9.17) is 0 Å². The lowest BCUT2D eigenvalue weighted by Gasteiger charge is -2.33. The Morgan fingerprint density at radius 3 is 2.23 bits per heavy atom. The molecule has 3 rings (SSSR count). The molecule has 2 aromatic carbocycles. The molecule has 1 aliphatic rings. The van der Waals surface area contributed by atoms with Crippen LogP contribution in [0.4, 0.5) is 0 Å². The van der Waals surface area contributed by atoms with Crippen molar-refractivity contribution < 1.29 is 13.2 Å². The maximum atomic E-state index is 12.9. The Morgan fingerprint density at radius 1 is 1.00 bits per heavy atom. The third-order valence-electron chi connectivity index (χ3n) is 5.62. The molecule has 0 aromatic heterocycles. The summed E-state index contributed by atoms with van der Waals surface area (Å²) in [6.45, 7) is 8.84. The van der Waals surface area contributed by atoms with Crippen molar-refractivity contribution in [3.8, 4) is 0 Å². The molecule has 1 heterocycles. The fraction of sp³-hybridized carbons (Fsp3) is 0.435. The maximum Gasteiger partial charge on any atom is 0.243 e. The summed E-state index contributed by atoms with van der Waals surface area (Å²) < 4.78 is 27.3. The second-order valence-electron chi connectivity index (χ2n) is 8.11. The van der Waals surface area contributed by atoms with Crippen molar-refractivity contribution in [1.82, 2.24) is 14.5 Å². The van der Waals surface area contributed by atoms with E-state index in [9.17, 15) is 13.2 Å². The van der Waals surface area contributed by atoms with Crippen molar-refractivity contribution >= 4 is 15.9 Å². The largest absolute Gasteiger partial charge is 0.351 e. The highest BCUT2D eigenvalue weighted by molar-refractivity contribution is 7.89. The van der Waals surface area contributed by atoms with Crippen LogP contribution in [0.1, 0.15) is 36.5 Å². The molecule has 0 bridgehead atoms. The summed E-state index contributed by atoms with van der Waals surface area (Å²) in [4.78, 5) is 14.6. The van der Waals surface area contributed by atoms with Crippen LogP contribution in [0, 0.1) is 6.92 Å². The summed E-state index contributed by atoms with van der Waals surface area (Å²) in [6, 6.07) is 15.1. The van der Waals surface area contributed by atoms with Crippen molar-refractivity contribution in [1.29, 1.82) is 0 Å². The summed E-state index contributed by atoms with van der Waals surface area (Å²) in [6.07, 6.45) is 0. The molecule has 0 aliphatic carbocycles. The van der Waals surface area contributed by atoms with Gasteiger partial charge in [-0.3, -0.25) is 9.69 Å². The highest BCUT2D eigenvalue weighted by atomic mass is 32.2. The lowest BCUT2D eigenvalue weighted by atomic mass is 10.0. The fourth-order valence-corrected chi connectivity index (χ4v) is 4.99. The van der Waals surface area contributed by atoms with Gasteiger partial charge < -0.3 is 5.32 Å². The topological polar surface area (TPSA) is 69.7 Å². The third-order valence-corrected chi connectivity index (χ3v) is 7.53. The Bertz CT molecular complexity index is 963. The highest BCUT2D eigenvalue weighted by Gasteiger charge is 2.29. The molecular weight excluding hydrogens is 398 g/mol. The van der Waals surface area contributed by atoms with Gasteiger partial charge in [-0.1, -0.05) is 50.2 Å². The second kappa shape index (κ2) is 9.73. The zero-order chi connectivity index (χ0) is 21.7. The van der Waals surface area contributed by atoms with Crippen LogP contribution in [0.3, 0.4) is 0 Å². The first-order chi connectivity index (χ1) is 14.3. The number of benzene rings is 2. The predicted molar refractivity (Wildman–Crippen MR) is 119 cm³/mol. The molecule has 1 N–H and O–H groups in total. The lowest BCUT2D eigenvalue weighted by Crippen LogP contribution is -2.51. The summed E-state index contributed by atoms with van der Waals surface area (Å²) >= 11 is 0. The second-order valence-corrected chi connectivity index (χ2v) is 10.0. The molecule has 30 heavy (non-hydrogen) atoms. The highest BCUT2D eigenvalue weighted by Crippen LogP contribution is 2.21. The van der Waals surface area contributed by atoms with Gasteiger partial charge in [0.2, 0.25) is 15.9 Å². The molecule has 1 fully saturated rings. The Labute approximate surface area is 179 Å². The molecule has 0 spiro atoms. The van der Waals surface area contributed by atoms with E-state index in [1.807, 2.05) is 48.2 Å². The van der Waals surface area contributed by atoms with E-state index in [0.717, 1.165) is 16.7 Å². The van der Waals surface area contributed by atoms with Crippen molar-refractivity contribution in [3.63, 3.8) is 0 Å². The van der Waals surface area contributed by atoms with E-state index in [-0.39, 0.29) is 12.5 Å². The number of carbonyl (C=O) groups excluding carboxylic acids is 1. The quantitative estimate of drug-likeness (QED) is 0.735. The molecule has 0 saturated carbocycles.